The number of nitrogens with two attached hydrogens (primary N) is 1. The fourth-order valence-electron chi connectivity index (χ4n) is 3.66. The minimum absolute atomic E-state index is 0.144. The van der Waals surface area contributed by atoms with Crippen molar-refractivity contribution >= 4 is 35.4 Å². The predicted molar refractivity (Wildman–Crippen MR) is 145 cm³/mol. The maximum absolute atomic E-state index is 11.9. The van der Waals surface area contributed by atoms with E-state index in [2.05, 4.69) is 17.4 Å². The molecule has 1 amide bonds. The number of oxime groups is 1. The maximum atomic E-state index is 11.9. The van der Waals surface area contributed by atoms with Gasteiger partial charge in [0, 0.05) is 11.4 Å². The van der Waals surface area contributed by atoms with Crippen LogP contribution in [0.4, 0.5) is 11.4 Å². The molecule has 0 heterocycles. The van der Waals surface area contributed by atoms with E-state index in [1.807, 2.05) is 38.1 Å². The van der Waals surface area contributed by atoms with E-state index in [1.165, 1.54) is 0 Å². The van der Waals surface area contributed by atoms with Gasteiger partial charge in [-0.1, -0.05) is 56.1 Å². The molecule has 0 spiro atoms. The van der Waals surface area contributed by atoms with E-state index in [0.29, 0.717) is 31.0 Å². The van der Waals surface area contributed by atoms with Crippen LogP contribution in [0.15, 0.2) is 53.7 Å². The molecule has 2 atom stereocenters. The van der Waals surface area contributed by atoms with E-state index in [9.17, 15) is 14.4 Å². The lowest BCUT2D eigenvalue weighted by Gasteiger charge is -2.15. The number of hydrogen-bond acceptors (Lipinski definition) is 8. The second-order valence-electron chi connectivity index (χ2n) is 8.21. The van der Waals surface area contributed by atoms with Crippen LogP contribution in [0.2, 0.25) is 0 Å². The predicted octanol–water partition coefficient (Wildman–Crippen LogP) is 5.25. The summed E-state index contributed by atoms with van der Waals surface area (Å²) < 4.78 is 10.2. The molecule has 0 fully saturated rings. The summed E-state index contributed by atoms with van der Waals surface area (Å²) in [7, 11) is 0. The van der Waals surface area contributed by atoms with Crippen molar-refractivity contribution < 1.29 is 29.1 Å². The Kier molecular flexibility index (Phi) is 14.8. The van der Waals surface area contributed by atoms with E-state index in [4.69, 9.17) is 20.4 Å². The fraction of sp³-hybridized carbons (Fsp3) is 0.429. The zero-order chi connectivity index (χ0) is 27.6. The number of carbonyl (C=O) groups excluding carboxylic acids is 3. The van der Waals surface area contributed by atoms with Crippen molar-refractivity contribution in [1.82, 2.24) is 0 Å². The maximum Gasteiger partial charge on any atom is 0.313 e. The van der Waals surface area contributed by atoms with Gasteiger partial charge >= 0.3 is 11.9 Å². The normalized spacial score (nSPS) is 12.1. The second-order valence-corrected chi connectivity index (χ2v) is 8.21. The van der Waals surface area contributed by atoms with E-state index in [-0.39, 0.29) is 23.8 Å². The first-order valence-electron chi connectivity index (χ1n) is 12.6. The van der Waals surface area contributed by atoms with Gasteiger partial charge in [0.1, 0.15) is 6.21 Å². The molecule has 2 rings (SSSR count). The van der Waals surface area contributed by atoms with Gasteiger partial charge in [-0.3, -0.25) is 14.4 Å². The number of nitrogen functional groups attached to an aromatic ring is 1. The third-order valence-electron chi connectivity index (χ3n) is 5.39. The molecule has 4 N–H and O–H groups in total. The lowest BCUT2D eigenvalue weighted by atomic mass is 9.94. The number of benzene rings is 2. The molecule has 0 aliphatic rings. The summed E-state index contributed by atoms with van der Waals surface area (Å²) >= 11 is 0. The van der Waals surface area contributed by atoms with Crippen molar-refractivity contribution in [3.63, 3.8) is 0 Å². The highest BCUT2D eigenvalue weighted by Crippen LogP contribution is 2.25. The van der Waals surface area contributed by atoms with Gasteiger partial charge in [-0.25, -0.2) is 0 Å². The average molecular weight is 514 g/mol. The van der Waals surface area contributed by atoms with Crippen LogP contribution < -0.4 is 11.1 Å². The number of ether oxygens (including phenoxy) is 2. The van der Waals surface area contributed by atoms with Gasteiger partial charge in [-0.05, 0) is 62.1 Å². The summed E-state index contributed by atoms with van der Waals surface area (Å²) in [6, 6.07) is 14.4. The van der Waals surface area contributed by atoms with Gasteiger partial charge < -0.3 is 25.7 Å². The van der Waals surface area contributed by atoms with Crippen LogP contribution in [-0.2, 0) is 23.9 Å². The van der Waals surface area contributed by atoms with Crippen LogP contribution in [0.5, 0.6) is 0 Å². The van der Waals surface area contributed by atoms with Gasteiger partial charge in [-0.15, -0.1) is 0 Å². The standard InChI is InChI=1S/C15H20N2O4.C13H19NO2/c1-3-5-13(15(19)21-4-2)11-6-8-12(9-7-11)17-14(18)10-16-20;1-3-5-12(13(15)16-4-2)10-6-8-11(14)9-7-10/h6-10,13,20H,3-5H2,1-2H3,(H,17,18);6-9,12H,3-5,14H2,1-2H3/b16-10+;. The molecule has 0 aliphatic carbocycles. The molecule has 2 aromatic carbocycles. The Morgan fingerprint density at radius 3 is 1.65 bits per heavy atom. The highest BCUT2D eigenvalue weighted by molar-refractivity contribution is 6.31. The Balaban J connectivity index is 0.000000384. The number of nitrogens with zero attached hydrogens (tertiary/aromatic N) is 1. The molecule has 2 unspecified atom stereocenters. The largest absolute Gasteiger partial charge is 0.466 e. The molecule has 0 aromatic heterocycles. The Bertz CT molecular complexity index is 990. The zero-order valence-corrected chi connectivity index (χ0v) is 22.1. The van der Waals surface area contributed by atoms with Gasteiger partial charge in [-0.2, -0.15) is 0 Å². The third-order valence-corrected chi connectivity index (χ3v) is 5.39. The fourth-order valence-corrected chi connectivity index (χ4v) is 3.66. The SMILES string of the molecule is CCCC(C(=O)OCC)c1ccc(N)cc1.CCCC(C(=O)OCC)c1ccc(NC(=O)/C=N/O)cc1. The minimum Gasteiger partial charge on any atom is -0.466 e. The third kappa shape index (κ3) is 11.2. The molecule has 0 saturated carbocycles. The van der Waals surface area contributed by atoms with Crippen LogP contribution in [0, 0.1) is 0 Å². The second kappa shape index (κ2) is 17.5. The summed E-state index contributed by atoms with van der Waals surface area (Å²) in [6.45, 7) is 8.45. The molecule has 9 heteroatoms. The number of rotatable bonds is 12. The number of nitrogens with one attached hydrogen (secondary N) is 1. The topological polar surface area (TPSA) is 140 Å². The molecular weight excluding hydrogens is 474 g/mol. The van der Waals surface area contributed by atoms with Crippen molar-refractivity contribution in [1.29, 1.82) is 0 Å². The molecule has 202 valence electrons. The molecule has 0 aliphatic heterocycles. The molecule has 0 bridgehead atoms. The number of hydrogen-bond donors (Lipinski definition) is 3. The first-order chi connectivity index (χ1) is 17.8. The summed E-state index contributed by atoms with van der Waals surface area (Å²) in [5.74, 6) is -1.36. The van der Waals surface area contributed by atoms with Crippen molar-refractivity contribution in [2.45, 2.75) is 65.2 Å². The molecule has 0 radical (unpaired) electrons. The Morgan fingerprint density at radius 1 is 0.838 bits per heavy atom. The first kappa shape index (κ1) is 31.2. The van der Waals surface area contributed by atoms with E-state index >= 15 is 0 Å². The Labute approximate surface area is 219 Å². The lowest BCUT2D eigenvalue weighted by molar-refractivity contribution is -0.146. The van der Waals surface area contributed by atoms with Crippen molar-refractivity contribution in [2.75, 3.05) is 24.3 Å². The average Bonchev–Trinajstić information content (AvgIpc) is 2.88. The summed E-state index contributed by atoms with van der Waals surface area (Å²) in [6.07, 6.45) is 4.11. The summed E-state index contributed by atoms with van der Waals surface area (Å²) in [5, 5.41) is 13.4. The van der Waals surface area contributed by atoms with Gasteiger partial charge in [0.05, 0.1) is 25.0 Å². The van der Waals surface area contributed by atoms with Crippen LogP contribution >= 0.6 is 0 Å². The molecule has 0 saturated heterocycles. The number of anilines is 2. The van der Waals surface area contributed by atoms with Gasteiger partial charge in [0.15, 0.2) is 0 Å². The van der Waals surface area contributed by atoms with Gasteiger partial charge in [0.25, 0.3) is 5.91 Å². The van der Waals surface area contributed by atoms with Gasteiger partial charge in [0.2, 0.25) is 0 Å². The van der Waals surface area contributed by atoms with E-state index in [0.717, 1.165) is 36.6 Å². The lowest BCUT2D eigenvalue weighted by Crippen LogP contribution is -2.16. The smallest absolute Gasteiger partial charge is 0.313 e. The minimum atomic E-state index is -0.527. The van der Waals surface area contributed by atoms with E-state index < -0.39 is 5.91 Å². The zero-order valence-electron chi connectivity index (χ0n) is 22.1. The highest BCUT2D eigenvalue weighted by Gasteiger charge is 2.21. The van der Waals surface area contributed by atoms with Crippen LogP contribution in [0.3, 0.4) is 0 Å². The molecule has 37 heavy (non-hydrogen) atoms. The summed E-state index contributed by atoms with van der Waals surface area (Å²) in [5.41, 5.74) is 8.72. The van der Waals surface area contributed by atoms with E-state index in [1.54, 1.807) is 31.2 Å². The van der Waals surface area contributed by atoms with Crippen molar-refractivity contribution in [3.05, 3.63) is 59.7 Å². The van der Waals surface area contributed by atoms with Crippen LogP contribution in [0.1, 0.15) is 76.3 Å². The monoisotopic (exact) mass is 513 g/mol. The Hall–Kier alpha value is -3.88. The number of carbonyl (C=O) groups is 3. The van der Waals surface area contributed by atoms with Crippen LogP contribution in [-0.4, -0.2) is 42.5 Å². The quantitative estimate of drug-likeness (QED) is 0.116. The number of amides is 1. The molecular formula is C28H39N3O6. The van der Waals surface area contributed by atoms with Crippen molar-refractivity contribution in [3.8, 4) is 0 Å². The number of esters is 2. The summed E-state index contributed by atoms with van der Waals surface area (Å²) in [4.78, 5) is 34.9. The van der Waals surface area contributed by atoms with Crippen LogP contribution in [0.25, 0.3) is 0 Å². The Morgan fingerprint density at radius 2 is 1.27 bits per heavy atom. The highest BCUT2D eigenvalue weighted by atomic mass is 16.5. The first-order valence-corrected chi connectivity index (χ1v) is 12.6. The molecule has 2 aromatic rings. The molecule has 9 nitrogen and oxygen atoms in total. The van der Waals surface area contributed by atoms with Crippen molar-refractivity contribution in [2.24, 2.45) is 5.16 Å².